The number of anilines is 1. The molecular formula is C24H25F3N6O2. The first-order valence-electron chi connectivity index (χ1n) is 11.4. The van der Waals surface area contributed by atoms with E-state index in [0.717, 1.165) is 6.42 Å². The van der Waals surface area contributed by atoms with Crippen LogP contribution in [-0.2, 0) is 7.05 Å². The van der Waals surface area contributed by atoms with Gasteiger partial charge in [-0.15, -0.1) is 10.2 Å². The maximum atomic E-state index is 13.9. The largest absolute Gasteiger partial charge is 0.507 e. The molecule has 3 aromatic rings. The molecule has 8 nitrogen and oxygen atoms in total. The lowest BCUT2D eigenvalue weighted by Crippen LogP contribution is -2.59. The summed E-state index contributed by atoms with van der Waals surface area (Å²) < 4.78 is 43.1. The molecule has 1 aromatic carbocycles. The zero-order valence-corrected chi connectivity index (χ0v) is 19.2. The third kappa shape index (κ3) is 4.36. The van der Waals surface area contributed by atoms with Gasteiger partial charge in [0.1, 0.15) is 5.75 Å². The Balaban J connectivity index is 1.38. The van der Waals surface area contributed by atoms with Gasteiger partial charge in [0.2, 0.25) is 0 Å². The summed E-state index contributed by atoms with van der Waals surface area (Å²) in [7, 11) is 3.24. The zero-order valence-electron chi connectivity index (χ0n) is 19.2. The fourth-order valence-electron chi connectivity index (χ4n) is 5.22. The van der Waals surface area contributed by atoms with E-state index in [1.165, 1.54) is 27.8 Å². The number of aromatic nitrogens is 4. The molecule has 0 unspecified atom stereocenters. The molecule has 0 radical (unpaired) electrons. The molecule has 0 amide bonds. The fraction of sp³-hybridized carbons (Fsp3) is 0.417. The molecule has 4 atom stereocenters. The number of phenolic OH excluding ortho intramolecular Hbond substituents is 1. The third-order valence-corrected chi connectivity index (χ3v) is 7.11. The smallest absolute Gasteiger partial charge is 0.395 e. The Labute approximate surface area is 199 Å². The van der Waals surface area contributed by atoms with Crippen molar-refractivity contribution >= 4 is 5.82 Å². The van der Waals surface area contributed by atoms with Crippen LogP contribution in [0.4, 0.5) is 19.0 Å². The molecule has 35 heavy (non-hydrogen) atoms. The van der Waals surface area contributed by atoms with Crippen LogP contribution in [-0.4, -0.2) is 56.2 Å². The molecule has 5 rings (SSSR count). The summed E-state index contributed by atoms with van der Waals surface area (Å²) in [6.07, 6.45) is 0.302. The molecule has 2 aliphatic heterocycles. The van der Waals surface area contributed by atoms with Gasteiger partial charge in [-0.2, -0.15) is 13.2 Å². The molecule has 2 bridgehead atoms. The molecule has 0 aliphatic carbocycles. The topological polar surface area (TPSA) is 96.2 Å². The summed E-state index contributed by atoms with van der Waals surface area (Å²) in [5, 5.41) is 21.9. The number of nitrogens with one attached hydrogen (secondary N) is 1. The first-order chi connectivity index (χ1) is 16.6. The molecule has 2 saturated heterocycles. The lowest BCUT2D eigenvalue weighted by atomic mass is 9.85. The van der Waals surface area contributed by atoms with Crippen LogP contribution in [0.3, 0.4) is 0 Å². The number of rotatable bonds is 4. The number of hydrogen-bond donors (Lipinski definition) is 2. The second-order valence-corrected chi connectivity index (χ2v) is 9.27. The van der Waals surface area contributed by atoms with Crippen LogP contribution in [0.15, 0.2) is 47.5 Å². The summed E-state index contributed by atoms with van der Waals surface area (Å²) in [5.41, 5.74) is 1.45. The van der Waals surface area contributed by atoms with Crippen LogP contribution in [0.2, 0.25) is 0 Å². The standard InChI is InChI=1S/C24H25F3N6O2/c1-32-8-7-14(10-21(32)35)13-3-5-16(19(34)9-13)23-28-12-20(30-31-23)33(2)18-11-15-4-6-17(29-15)22(18)24(25,26)27/h3,5,7-10,12,15,17-18,22,29,34H,4,6,11H2,1-2H3/t15-,17-,18+,22-/m1/s1. The van der Waals surface area contributed by atoms with E-state index in [1.807, 2.05) is 0 Å². The number of alkyl halides is 3. The van der Waals surface area contributed by atoms with Crippen molar-refractivity contribution in [2.45, 2.75) is 43.6 Å². The second kappa shape index (κ2) is 8.63. The van der Waals surface area contributed by atoms with Crippen LogP contribution in [0, 0.1) is 5.92 Å². The Bertz CT molecular complexity index is 1290. The minimum Gasteiger partial charge on any atom is -0.507 e. The van der Waals surface area contributed by atoms with Gasteiger partial charge in [-0.1, -0.05) is 6.07 Å². The van der Waals surface area contributed by atoms with Crippen molar-refractivity contribution in [2.75, 3.05) is 11.9 Å². The van der Waals surface area contributed by atoms with Crippen molar-refractivity contribution in [3.05, 3.63) is 53.1 Å². The van der Waals surface area contributed by atoms with Crippen LogP contribution < -0.4 is 15.8 Å². The average Bonchev–Trinajstić information content (AvgIpc) is 3.19. The van der Waals surface area contributed by atoms with Gasteiger partial charge in [0, 0.05) is 44.5 Å². The Morgan fingerprint density at radius 2 is 1.91 bits per heavy atom. The Morgan fingerprint density at radius 1 is 1.14 bits per heavy atom. The van der Waals surface area contributed by atoms with Crippen molar-refractivity contribution in [1.82, 2.24) is 25.1 Å². The Kier molecular flexibility index (Phi) is 5.74. The van der Waals surface area contributed by atoms with E-state index in [-0.39, 0.29) is 29.0 Å². The summed E-state index contributed by atoms with van der Waals surface area (Å²) in [4.78, 5) is 17.7. The summed E-state index contributed by atoms with van der Waals surface area (Å²) in [6.45, 7) is 0. The third-order valence-electron chi connectivity index (χ3n) is 7.11. The van der Waals surface area contributed by atoms with E-state index in [9.17, 15) is 23.1 Å². The van der Waals surface area contributed by atoms with Crippen LogP contribution in [0.25, 0.3) is 22.5 Å². The van der Waals surface area contributed by atoms with Crippen LogP contribution in [0.1, 0.15) is 19.3 Å². The van der Waals surface area contributed by atoms with Crippen molar-refractivity contribution in [1.29, 1.82) is 0 Å². The highest BCUT2D eigenvalue weighted by Crippen LogP contribution is 2.43. The lowest BCUT2D eigenvalue weighted by molar-refractivity contribution is -0.191. The van der Waals surface area contributed by atoms with Gasteiger partial charge < -0.3 is 19.9 Å². The number of aromatic hydroxyl groups is 1. The number of phenols is 1. The number of hydrogen-bond acceptors (Lipinski definition) is 7. The molecule has 0 saturated carbocycles. The van der Waals surface area contributed by atoms with Gasteiger partial charge >= 0.3 is 6.18 Å². The summed E-state index contributed by atoms with van der Waals surface area (Å²) in [6, 6.07) is 6.79. The van der Waals surface area contributed by atoms with Crippen LogP contribution in [0.5, 0.6) is 5.75 Å². The Hall–Kier alpha value is -3.47. The number of aryl methyl sites for hydroxylation is 1. The highest BCUT2D eigenvalue weighted by molar-refractivity contribution is 5.72. The number of piperidine rings is 1. The molecule has 2 fully saturated rings. The van der Waals surface area contributed by atoms with E-state index in [1.54, 1.807) is 38.5 Å². The van der Waals surface area contributed by atoms with E-state index < -0.39 is 24.2 Å². The van der Waals surface area contributed by atoms with Gasteiger partial charge in [-0.3, -0.25) is 4.79 Å². The maximum Gasteiger partial charge on any atom is 0.395 e. The minimum absolute atomic E-state index is 0.0616. The lowest BCUT2D eigenvalue weighted by Gasteiger charge is -2.43. The minimum atomic E-state index is -4.33. The SMILES string of the molecule is CN(c1cnc(-c2ccc(-c3ccn(C)c(=O)c3)cc2O)nn1)[C@H]1C[C@H]2CC[C@@H](N2)[C@H]1C(F)(F)F. The van der Waals surface area contributed by atoms with Crippen LogP contribution >= 0.6 is 0 Å². The predicted molar refractivity (Wildman–Crippen MR) is 124 cm³/mol. The first-order valence-corrected chi connectivity index (χ1v) is 11.4. The van der Waals surface area contributed by atoms with Gasteiger partial charge in [0.05, 0.1) is 17.7 Å². The number of nitrogens with zero attached hydrogens (tertiary/aromatic N) is 5. The molecule has 2 N–H and O–H groups in total. The quantitative estimate of drug-likeness (QED) is 0.585. The number of halogens is 3. The van der Waals surface area contributed by atoms with Crippen molar-refractivity contribution in [3.8, 4) is 28.3 Å². The Morgan fingerprint density at radius 3 is 2.57 bits per heavy atom. The highest BCUT2D eigenvalue weighted by atomic mass is 19.4. The molecule has 2 aromatic heterocycles. The van der Waals surface area contributed by atoms with E-state index in [2.05, 4.69) is 20.5 Å². The number of benzene rings is 1. The maximum absolute atomic E-state index is 13.9. The van der Waals surface area contributed by atoms with Gasteiger partial charge in [-0.25, -0.2) is 4.98 Å². The van der Waals surface area contributed by atoms with Crippen molar-refractivity contribution in [3.63, 3.8) is 0 Å². The van der Waals surface area contributed by atoms with Crippen molar-refractivity contribution in [2.24, 2.45) is 13.0 Å². The molecule has 11 heteroatoms. The first kappa shape index (κ1) is 23.3. The summed E-state index contributed by atoms with van der Waals surface area (Å²) >= 11 is 0. The average molecular weight is 486 g/mol. The normalized spacial score (nSPS) is 23.9. The molecular weight excluding hydrogens is 461 g/mol. The molecule has 4 heterocycles. The second-order valence-electron chi connectivity index (χ2n) is 9.27. The highest BCUT2D eigenvalue weighted by Gasteiger charge is 2.55. The number of pyridine rings is 1. The van der Waals surface area contributed by atoms with E-state index >= 15 is 0 Å². The number of fused-ring (bicyclic) bond motifs is 2. The predicted octanol–water partition coefficient (Wildman–Crippen LogP) is 3.12. The van der Waals surface area contributed by atoms with Gasteiger partial charge in [0.25, 0.3) is 5.56 Å². The van der Waals surface area contributed by atoms with Crippen molar-refractivity contribution < 1.29 is 18.3 Å². The molecule has 184 valence electrons. The molecule has 0 spiro atoms. The van der Waals surface area contributed by atoms with E-state index in [4.69, 9.17) is 0 Å². The summed E-state index contributed by atoms with van der Waals surface area (Å²) in [5.74, 6) is -1.21. The zero-order chi connectivity index (χ0) is 24.9. The monoisotopic (exact) mass is 486 g/mol. The van der Waals surface area contributed by atoms with Gasteiger partial charge in [-0.05, 0) is 48.6 Å². The fourth-order valence-corrected chi connectivity index (χ4v) is 5.22. The van der Waals surface area contributed by atoms with E-state index in [0.29, 0.717) is 29.5 Å². The van der Waals surface area contributed by atoms with Gasteiger partial charge in [0.15, 0.2) is 11.6 Å². The molecule has 2 aliphatic rings.